The number of rotatable bonds is 56. The largest absolute Gasteiger partial charge is 0.397 e. The van der Waals surface area contributed by atoms with E-state index in [1.807, 2.05) is 6.08 Å². The number of amides is 1. The Balaban J connectivity index is 2.24. The van der Waals surface area contributed by atoms with E-state index in [1.54, 1.807) is 6.08 Å². The highest BCUT2D eigenvalue weighted by atomic mass is 32.3. The summed E-state index contributed by atoms with van der Waals surface area (Å²) in [7, 11) is -5.09. The summed E-state index contributed by atoms with van der Waals surface area (Å²) in [5.41, 5.74) is 0. The maximum atomic E-state index is 13.1. The zero-order valence-electron chi connectivity index (χ0n) is 48.4. The summed E-state index contributed by atoms with van der Waals surface area (Å²) in [6.45, 7) is 3.44. The molecule has 0 aromatic carbocycles. The molecule has 75 heavy (non-hydrogen) atoms. The Hall–Kier alpha value is -1.42. The number of hydrogen-bond donors (Lipinski definition) is 6. The van der Waals surface area contributed by atoms with Crippen LogP contribution in [0.25, 0.3) is 0 Å². The van der Waals surface area contributed by atoms with Gasteiger partial charge in [-0.1, -0.05) is 282 Å². The van der Waals surface area contributed by atoms with Crippen molar-refractivity contribution in [3.05, 3.63) is 24.3 Å². The van der Waals surface area contributed by atoms with Gasteiger partial charge in [-0.15, -0.1) is 0 Å². The summed E-state index contributed by atoms with van der Waals surface area (Å²) < 4.78 is 47.9. The number of carbonyl (C=O) groups excluding carboxylic acids is 1. The van der Waals surface area contributed by atoms with Gasteiger partial charge in [0.05, 0.1) is 25.4 Å². The van der Waals surface area contributed by atoms with Crippen molar-refractivity contribution in [2.24, 2.45) is 0 Å². The molecule has 0 saturated carbocycles. The van der Waals surface area contributed by atoms with Gasteiger partial charge in [-0.25, -0.2) is 4.18 Å². The molecule has 0 aromatic rings. The van der Waals surface area contributed by atoms with Crippen molar-refractivity contribution in [2.75, 3.05) is 13.2 Å². The third kappa shape index (κ3) is 44.1. The molecule has 1 fully saturated rings. The van der Waals surface area contributed by atoms with Crippen molar-refractivity contribution in [2.45, 2.75) is 352 Å². The maximum absolute atomic E-state index is 13.1. The molecule has 1 aliphatic heterocycles. The van der Waals surface area contributed by atoms with Crippen molar-refractivity contribution >= 4 is 16.3 Å². The number of carbonyl (C=O) groups is 1. The number of unbranched alkanes of at least 4 members (excludes halogenated alkanes) is 42. The first-order valence-electron chi connectivity index (χ1n) is 31.7. The second-order valence-corrected chi connectivity index (χ2v) is 23.4. The van der Waals surface area contributed by atoms with Crippen LogP contribution in [0.5, 0.6) is 0 Å². The fraction of sp³-hybridized carbons (Fsp3) is 0.919. The second kappa shape index (κ2) is 52.0. The van der Waals surface area contributed by atoms with E-state index in [0.717, 1.165) is 38.5 Å². The molecule has 444 valence electrons. The monoisotopic (exact) mass is 1090 g/mol. The Labute approximate surface area is 461 Å². The molecule has 6 N–H and O–H groups in total. The fourth-order valence-electron chi connectivity index (χ4n) is 10.3. The standard InChI is InChI=1S/C62H119NO11S/c1-3-5-7-9-11-13-15-17-19-21-22-23-24-25-26-27-28-29-30-31-32-33-34-35-36-38-40-42-44-46-48-50-52-58(66)63-55(54-72-62-60(68)61(74-75(69,70)71)59(67)57(53-64)73-62)56(65)51-49-47-45-43-41-39-37-20-18-16-14-12-10-8-6-4-2/h25-26,49,51,55-57,59-62,64-65,67-68H,3-24,27-48,50,52-54H2,1-2H3,(H,63,66)(H,69,70,71)/b26-25-,51-49+. The zero-order valence-corrected chi connectivity index (χ0v) is 49.2. The molecular formula is C62H119NO11S. The van der Waals surface area contributed by atoms with E-state index in [4.69, 9.17) is 9.47 Å². The van der Waals surface area contributed by atoms with Crippen LogP contribution in [0.3, 0.4) is 0 Å². The summed E-state index contributed by atoms with van der Waals surface area (Å²) in [6, 6.07) is -0.942. The topological polar surface area (TPSA) is 192 Å². The molecule has 1 rings (SSSR count). The summed E-state index contributed by atoms with van der Waals surface area (Å²) in [5, 5.41) is 45.0. The first-order valence-corrected chi connectivity index (χ1v) is 33.1. The lowest BCUT2D eigenvalue weighted by molar-refractivity contribution is -0.298. The van der Waals surface area contributed by atoms with E-state index in [9.17, 15) is 38.2 Å². The number of ether oxygens (including phenoxy) is 2. The highest BCUT2D eigenvalue weighted by Gasteiger charge is 2.48. The summed E-state index contributed by atoms with van der Waals surface area (Å²) in [4.78, 5) is 13.1. The van der Waals surface area contributed by atoms with Crippen LogP contribution in [0, 0.1) is 0 Å². The van der Waals surface area contributed by atoms with Gasteiger partial charge in [0.25, 0.3) is 0 Å². The third-order valence-corrected chi connectivity index (χ3v) is 15.7. The molecule has 12 nitrogen and oxygen atoms in total. The van der Waals surface area contributed by atoms with Gasteiger partial charge in [-0.3, -0.25) is 9.35 Å². The summed E-state index contributed by atoms with van der Waals surface area (Å²) in [6.07, 6.45) is 56.7. The second-order valence-electron chi connectivity index (χ2n) is 22.4. The van der Waals surface area contributed by atoms with Crippen LogP contribution >= 0.6 is 0 Å². The molecular weight excluding hydrogens is 967 g/mol. The fourth-order valence-corrected chi connectivity index (χ4v) is 10.8. The van der Waals surface area contributed by atoms with Gasteiger partial charge in [0.1, 0.15) is 24.4 Å². The lowest BCUT2D eigenvalue weighted by Crippen LogP contribution is -2.61. The van der Waals surface area contributed by atoms with Gasteiger partial charge in [-0.2, -0.15) is 8.42 Å². The number of nitrogens with one attached hydrogen (secondary N) is 1. The molecule has 0 bridgehead atoms. The van der Waals surface area contributed by atoms with E-state index in [0.29, 0.717) is 6.42 Å². The first kappa shape index (κ1) is 71.6. The first-order chi connectivity index (χ1) is 36.5. The van der Waals surface area contributed by atoms with Crippen molar-refractivity contribution in [1.29, 1.82) is 0 Å². The van der Waals surface area contributed by atoms with Gasteiger partial charge in [0.2, 0.25) is 5.91 Å². The van der Waals surface area contributed by atoms with E-state index in [1.165, 1.54) is 244 Å². The van der Waals surface area contributed by atoms with Crippen LogP contribution in [-0.4, -0.2) is 95.4 Å². The predicted octanol–water partition coefficient (Wildman–Crippen LogP) is 15.6. The number of allylic oxidation sites excluding steroid dienone is 3. The molecule has 1 heterocycles. The Morgan fingerprint density at radius 1 is 0.520 bits per heavy atom. The van der Waals surface area contributed by atoms with E-state index in [2.05, 4.69) is 35.5 Å². The highest BCUT2D eigenvalue weighted by molar-refractivity contribution is 7.80. The smallest absolute Gasteiger partial charge is 0.394 e. The quantitative estimate of drug-likeness (QED) is 0.0193. The van der Waals surface area contributed by atoms with Gasteiger partial charge >= 0.3 is 10.4 Å². The van der Waals surface area contributed by atoms with Crippen LogP contribution in [0.15, 0.2) is 24.3 Å². The van der Waals surface area contributed by atoms with E-state index in [-0.39, 0.29) is 18.9 Å². The minimum atomic E-state index is -5.09. The maximum Gasteiger partial charge on any atom is 0.397 e. The Morgan fingerprint density at radius 3 is 1.20 bits per heavy atom. The minimum Gasteiger partial charge on any atom is -0.394 e. The average Bonchev–Trinajstić information content (AvgIpc) is 3.39. The van der Waals surface area contributed by atoms with Crippen molar-refractivity contribution in [1.82, 2.24) is 5.32 Å². The Kier molecular flexibility index (Phi) is 49.6. The number of aliphatic hydroxyl groups excluding tert-OH is 4. The molecule has 7 atom stereocenters. The molecule has 1 aliphatic rings. The summed E-state index contributed by atoms with van der Waals surface area (Å²) >= 11 is 0. The Morgan fingerprint density at radius 2 is 0.853 bits per heavy atom. The van der Waals surface area contributed by atoms with Crippen molar-refractivity contribution < 1.29 is 51.8 Å². The molecule has 0 spiro atoms. The van der Waals surface area contributed by atoms with Crippen LogP contribution < -0.4 is 5.32 Å². The molecule has 7 unspecified atom stereocenters. The SMILES string of the molecule is CCCCCCCCCCCCCC/C=C\CCCCCCCCCCCCCCCCCCC(=O)NC(COC1OC(CO)C(O)C(OS(=O)(=O)O)C1O)C(O)/C=C/CCCCCCCCCCCCCCCC. The molecule has 0 radical (unpaired) electrons. The van der Waals surface area contributed by atoms with E-state index < -0.39 is 59.9 Å². The van der Waals surface area contributed by atoms with Gasteiger partial charge in [0, 0.05) is 6.42 Å². The molecule has 0 aliphatic carbocycles. The van der Waals surface area contributed by atoms with Crippen LogP contribution in [-0.2, 0) is 28.9 Å². The lowest BCUT2D eigenvalue weighted by atomic mass is 9.99. The van der Waals surface area contributed by atoms with Crippen LogP contribution in [0.4, 0.5) is 0 Å². The molecule has 13 heteroatoms. The van der Waals surface area contributed by atoms with Gasteiger partial charge in [0.15, 0.2) is 6.29 Å². The molecule has 1 amide bonds. The van der Waals surface area contributed by atoms with Crippen LogP contribution in [0.2, 0.25) is 0 Å². The van der Waals surface area contributed by atoms with Gasteiger partial charge < -0.3 is 35.2 Å². The Bertz CT molecular complexity index is 1420. The average molecular weight is 1090 g/mol. The number of hydrogen-bond acceptors (Lipinski definition) is 10. The van der Waals surface area contributed by atoms with Crippen molar-refractivity contribution in [3.63, 3.8) is 0 Å². The molecule has 1 saturated heterocycles. The zero-order chi connectivity index (χ0) is 54.7. The highest BCUT2D eigenvalue weighted by Crippen LogP contribution is 2.26. The lowest BCUT2D eigenvalue weighted by Gasteiger charge is -2.41. The van der Waals surface area contributed by atoms with Crippen molar-refractivity contribution in [3.8, 4) is 0 Å². The van der Waals surface area contributed by atoms with Gasteiger partial charge in [-0.05, 0) is 44.9 Å². The third-order valence-electron chi connectivity index (χ3n) is 15.2. The summed E-state index contributed by atoms with van der Waals surface area (Å²) in [5.74, 6) is -0.257. The van der Waals surface area contributed by atoms with E-state index >= 15 is 0 Å². The number of aliphatic hydroxyl groups is 4. The predicted molar refractivity (Wildman–Crippen MR) is 310 cm³/mol. The van der Waals surface area contributed by atoms with Crippen LogP contribution in [0.1, 0.15) is 309 Å². The minimum absolute atomic E-state index is 0.257. The molecule has 0 aromatic heterocycles. The normalized spacial score (nSPS) is 19.2.